The molecular formula is C33H19Cl2F14. The van der Waals surface area contributed by atoms with E-state index in [-0.39, 0.29) is 39.9 Å². The van der Waals surface area contributed by atoms with Crippen LogP contribution in [0.25, 0.3) is 33.4 Å². The Morgan fingerprint density at radius 2 is 1.14 bits per heavy atom. The van der Waals surface area contributed by atoms with Crippen molar-refractivity contribution in [2.75, 3.05) is 0 Å². The van der Waals surface area contributed by atoms with Crippen molar-refractivity contribution >= 4 is 23.2 Å². The fourth-order valence-electron chi connectivity index (χ4n) is 5.25. The van der Waals surface area contributed by atoms with Gasteiger partial charge in [-0.1, -0.05) is 41.4 Å². The Labute approximate surface area is 279 Å². The van der Waals surface area contributed by atoms with Gasteiger partial charge in [-0.3, -0.25) is 0 Å². The first-order valence-corrected chi connectivity index (χ1v) is 14.4. The molecular weight excluding hydrogens is 733 g/mol. The van der Waals surface area contributed by atoms with E-state index in [9.17, 15) is 52.7 Å². The van der Waals surface area contributed by atoms with Crippen LogP contribution in [0.4, 0.5) is 61.5 Å². The highest BCUT2D eigenvalue weighted by molar-refractivity contribution is 6.37. The molecule has 0 saturated heterocycles. The quantitative estimate of drug-likeness (QED) is 0.172. The summed E-state index contributed by atoms with van der Waals surface area (Å²) in [6, 6.07) is 8.41. The maximum Gasteiger partial charge on any atom is 0.458 e. The molecule has 0 saturated carbocycles. The average molecular weight is 752 g/mol. The third kappa shape index (κ3) is 8.28. The lowest BCUT2D eigenvalue weighted by atomic mass is 9.83. The first-order valence-electron chi connectivity index (χ1n) is 13.6. The van der Waals surface area contributed by atoms with Gasteiger partial charge in [-0.05, 0) is 89.7 Å². The van der Waals surface area contributed by atoms with Crippen molar-refractivity contribution in [2.24, 2.45) is 0 Å². The van der Waals surface area contributed by atoms with E-state index in [1.165, 1.54) is 13.0 Å². The molecule has 4 rings (SSSR count). The molecule has 49 heavy (non-hydrogen) atoms. The smallest absolute Gasteiger partial charge is 0.191 e. The van der Waals surface area contributed by atoms with Crippen molar-refractivity contribution in [2.45, 2.75) is 57.3 Å². The van der Waals surface area contributed by atoms with E-state index >= 15 is 8.78 Å². The Balaban J connectivity index is 2.22. The largest absolute Gasteiger partial charge is 0.458 e. The van der Waals surface area contributed by atoms with Crippen molar-refractivity contribution in [3.8, 4) is 33.4 Å². The van der Waals surface area contributed by atoms with Gasteiger partial charge in [-0.25, -0.2) is 0 Å². The Hall–Kier alpha value is -3.52. The minimum absolute atomic E-state index is 0.144. The van der Waals surface area contributed by atoms with Crippen molar-refractivity contribution in [3.63, 3.8) is 0 Å². The van der Waals surface area contributed by atoms with Crippen LogP contribution in [-0.4, -0.2) is 18.5 Å². The van der Waals surface area contributed by atoms with Crippen molar-refractivity contribution in [3.05, 3.63) is 104 Å². The van der Waals surface area contributed by atoms with Crippen LogP contribution in [0.5, 0.6) is 0 Å². The topological polar surface area (TPSA) is 0 Å². The predicted octanol–water partition coefficient (Wildman–Crippen LogP) is 13.3. The van der Waals surface area contributed by atoms with E-state index < -0.39 is 92.5 Å². The third-order valence-electron chi connectivity index (χ3n) is 7.39. The van der Waals surface area contributed by atoms with Crippen LogP contribution in [0.15, 0.2) is 54.6 Å². The molecule has 0 aliphatic carbocycles. The van der Waals surface area contributed by atoms with Crippen molar-refractivity contribution < 1.29 is 61.5 Å². The second kappa shape index (κ2) is 13.0. The third-order valence-corrected chi connectivity index (χ3v) is 8.12. The normalized spacial score (nSPS) is 13.3. The minimum atomic E-state index is -6.33. The summed E-state index contributed by atoms with van der Waals surface area (Å²) in [5.41, 5.74) is -8.80. The highest BCUT2D eigenvalue weighted by Crippen LogP contribution is 2.53. The maximum atomic E-state index is 15.2. The second-order valence-corrected chi connectivity index (χ2v) is 11.9. The molecule has 0 bridgehead atoms. The second-order valence-electron chi connectivity index (χ2n) is 11.1. The molecule has 0 fully saturated rings. The summed E-state index contributed by atoms with van der Waals surface area (Å²) in [5.74, 6) is -5.78. The Morgan fingerprint density at radius 1 is 0.592 bits per heavy atom. The average Bonchev–Trinajstić information content (AvgIpc) is 2.92. The molecule has 1 radical (unpaired) electrons. The number of halogens is 16. The molecule has 0 heterocycles. The highest BCUT2D eigenvalue weighted by atomic mass is 35.5. The molecule has 0 nitrogen and oxygen atoms in total. The molecule has 0 unspecified atom stereocenters. The van der Waals surface area contributed by atoms with Crippen LogP contribution in [0.2, 0.25) is 10.0 Å². The molecule has 0 amide bonds. The van der Waals surface area contributed by atoms with Crippen molar-refractivity contribution in [1.82, 2.24) is 0 Å². The van der Waals surface area contributed by atoms with Gasteiger partial charge in [0, 0.05) is 32.8 Å². The number of alkyl halides is 14. The van der Waals surface area contributed by atoms with Gasteiger partial charge in [0.05, 0.1) is 23.4 Å². The van der Waals surface area contributed by atoms with E-state index in [1.54, 1.807) is 0 Å². The van der Waals surface area contributed by atoms with E-state index in [4.69, 9.17) is 23.2 Å². The molecule has 4 aromatic carbocycles. The molecule has 0 aliphatic rings. The first kappa shape index (κ1) is 38.3. The zero-order valence-corrected chi connectivity index (χ0v) is 26.2. The van der Waals surface area contributed by atoms with Gasteiger partial charge in [0.2, 0.25) is 0 Å². The monoisotopic (exact) mass is 751 g/mol. The molecule has 0 atom stereocenters. The van der Waals surface area contributed by atoms with Gasteiger partial charge in [0.25, 0.3) is 0 Å². The van der Waals surface area contributed by atoms with Gasteiger partial charge in [-0.2, -0.15) is 61.5 Å². The number of hydrogen-bond acceptors (Lipinski definition) is 0. The van der Waals surface area contributed by atoms with Gasteiger partial charge in [-0.15, -0.1) is 0 Å². The summed E-state index contributed by atoms with van der Waals surface area (Å²) in [6.45, 7) is 2.45. The number of benzene rings is 4. The number of rotatable bonds is 6. The van der Waals surface area contributed by atoms with Gasteiger partial charge in [0.1, 0.15) is 0 Å². The van der Waals surface area contributed by atoms with Gasteiger partial charge >= 0.3 is 30.6 Å². The summed E-state index contributed by atoms with van der Waals surface area (Å²) in [5, 5.41) is -1.36. The lowest BCUT2D eigenvalue weighted by Crippen LogP contribution is -2.34. The van der Waals surface area contributed by atoms with Crippen LogP contribution < -0.4 is 0 Å². The lowest BCUT2D eigenvalue weighted by molar-refractivity contribution is -0.289. The van der Waals surface area contributed by atoms with Crippen LogP contribution in [0.3, 0.4) is 0 Å². The van der Waals surface area contributed by atoms with Crippen LogP contribution in [-0.2, 0) is 24.9 Å². The zero-order chi connectivity index (χ0) is 37.1. The molecule has 263 valence electrons. The van der Waals surface area contributed by atoms with E-state index in [0.29, 0.717) is 18.2 Å². The summed E-state index contributed by atoms with van der Waals surface area (Å²) in [7, 11) is 0. The van der Waals surface area contributed by atoms with Crippen LogP contribution in [0.1, 0.15) is 33.4 Å². The molecule has 4 aromatic rings. The lowest BCUT2D eigenvalue weighted by Gasteiger charge is -2.27. The maximum absolute atomic E-state index is 15.2. The van der Waals surface area contributed by atoms with E-state index in [2.05, 4.69) is 6.07 Å². The van der Waals surface area contributed by atoms with Crippen LogP contribution >= 0.6 is 23.2 Å². The molecule has 0 aromatic heterocycles. The van der Waals surface area contributed by atoms with Crippen LogP contribution in [0, 0.1) is 19.9 Å². The van der Waals surface area contributed by atoms with Gasteiger partial charge < -0.3 is 0 Å². The Morgan fingerprint density at radius 3 is 1.69 bits per heavy atom. The fraction of sp³-hybridized carbons (Fsp3) is 0.273. The SMILES string of the molecule is Cc1[c]cc(C(F)(F)C(F)(F)F)c(-c2cc(C(F)(F)F)ccc2Cl)c1-c1cc(CC(F)(F)F)cc(-c2cc(CC(F)(F)F)ccc2C)c1Cl. The minimum Gasteiger partial charge on any atom is -0.191 e. The first-order chi connectivity index (χ1) is 22.2. The summed E-state index contributed by atoms with van der Waals surface area (Å²) in [6.07, 6.45) is -24.3. The summed E-state index contributed by atoms with van der Waals surface area (Å²) >= 11 is 12.8. The number of aryl methyl sites for hydroxylation is 2. The predicted molar refractivity (Wildman–Crippen MR) is 156 cm³/mol. The van der Waals surface area contributed by atoms with Crippen molar-refractivity contribution in [1.29, 1.82) is 0 Å². The van der Waals surface area contributed by atoms with Gasteiger partial charge in [0.15, 0.2) is 0 Å². The zero-order valence-electron chi connectivity index (χ0n) is 24.7. The van der Waals surface area contributed by atoms with E-state index in [0.717, 1.165) is 25.1 Å². The molecule has 0 spiro atoms. The molecule has 0 N–H and O–H groups in total. The standard InChI is InChI=1S/C33H19Cl2F14/c1-15-3-5-17(13-29(36,37)38)9-20(15)21-10-18(14-30(39,40)41)11-23(28(21)35)26-16(2)4-7-24(31(42,43)33(47,48)49)27(26)22-12-19(32(44,45)46)6-8-25(22)34/h3,5-12H,13-14H2,1-2H3. The Kier molecular flexibility index (Phi) is 10.1. The molecule has 0 aliphatic heterocycles. The van der Waals surface area contributed by atoms with E-state index in [1.807, 2.05) is 0 Å². The summed E-state index contributed by atoms with van der Waals surface area (Å²) < 4.78 is 194. The fourth-order valence-corrected chi connectivity index (χ4v) is 5.77. The number of hydrogen-bond donors (Lipinski definition) is 0. The highest BCUT2D eigenvalue weighted by Gasteiger charge is 2.60. The Bertz CT molecular complexity index is 1880. The summed E-state index contributed by atoms with van der Waals surface area (Å²) in [4.78, 5) is 0. The molecule has 16 heteroatoms.